The van der Waals surface area contributed by atoms with Crippen LogP contribution >= 0.6 is 0 Å². The van der Waals surface area contributed by atoms with Crippen LogP contribution in [-0.2, 0) is 6.54 Å². The molecule has 0 aliphatic carbocycles. The van der Waals surface area contributed by atoms with Crippen molar-refractivity contribution < 1.29 is 9.90 Å². The maximum atomic E-state index is 12.0. The maximum Gasteiger partial charge on any atom is 0.319 e. The molecule has 2 rings (SSSR count). The van der Waals surface area contributed by atoms with Crippen molar-refractivity contribution in [1.29, 1.82) is 0 Å². The second-order valence-electron chi connectivity index (χ2n) is 6.63. The second kappa shape index (κ2) is 9.25. The summed E-state index contributed by atoms with van der Waals surface area (Å²) in [6.45, 7) is 4.88. The summed E-state index contributed by atoms with van der Waals surface area (Å²) in [5.41, 5.74) is 2.19. The number of anilines is 2. The molecule has 0 heterocycles. The van der Waals surface area contributed by atoms with Crippen LogP contribution in [-0.4, -0.2) is 30.3 Å². The van der Waals surface area contributed by atoms with E-state index in [1.165, 1.54) is 5.56 Å². The first-order chi connectivity index (χ1) is 12.5. The average molecular weight is 355 g/mol. The van der Waals surface area contributed by atoms with Crippen molar-refractivity contribution in [1.82, 2.24) is 5.32 Å². The van der Waals surface area contributed by atoms with Gasteiger partial charge in [0.25, 0.3) is 0 Å². The molecule has 0 aliphatic rings. The van der Waals surface area contributed by atoms with E-state index in [1.54, 1.807) is 0 Å². The Balaban J connectivity index is 1.87. The number of carbonyl (C=O) groups is 1. The molecule has 0 bridgehead atoms. The summed E-state index contributed by atoms with van der Waals surface area (Å²) in [6.07, 6.45) is 1.21. The second-order valence-corrected chi connectivity index (χ2v) is 6.63. The third-order valence-corrected chi connectivity index (χ3v) is 4.72. The van der Waals surface area contributed by atoms with Crippen molar-refractivity contribution in [3.05, 3.63) is 60.2 Å². The standard InChI is InChI=1S/C21H29N3O2/c1-4-21(26,5-2)16-22-20(25)23-18-11-13-19(14-12-18)24(3)15-17-9-7-6-8-10-17/h6-14,26H,4-5,15-16H2,1-3H3,(H2,22,23,25). The highest BCUT2D eigenvalue weighted by Crippen LogP contribution is 2.19. The van der Waals surface area contributed by atoms with E-state index in [2.05, 4.69) is 27.7 Å². The van der Waals surface area contributed by atoms with Crippen molar-refractivity contribution in [3.63, 3.8) is 0 Å². The summed E-state index contributed by atoms with van der Waals surface area (Å²) < 4.78 is 0. The Morgan fingerprint density at radius 3 is 2.23 bits per heavy atom. The van der Waals surface area contributed by atoms with Gasteiger partial charge in [-0.05, 0) is 42.7 Å². The van der Waals surface area contributed by atoms with Gasteiger partial charge in [-0.3, -0.25) is 0 Å². The molecule has 0 spiro atoms. The minimum absolute atomic E-state index is 0.240. The molecule has 0 aromatic heterocycles. The van der Waals surface area contributed by atoms with Crippen LogP contribution in [0.5, 0.6) is 0 Å². The van der Waals surface area contributed by atoms with Crippen molar-refractivity contribution in [2.75, 3.05) is 23.8 Å². The molecule has 2 amide bonds. The quantitative estimate of drug-likeness (QED) is 0.671. The summed E-state index contributed by atoms with van der Waals surface area (Å²) in [6, 6.07) is 17.7. The van der Waals surface area contributed by atoms with E-state index in [1.807, 2.05) is 63.4 Å². The Bertz CT molecular complexity index is 682. The largest absolute Gasteiger partial charge is 0.388 e. The van der Waals surface area contributed by atoms with E-state index < -0.39 is 5.60 Å². The van der Waals surface area contributed by atoms with Gasteiger partial charge >= 0.3 is 6.03 Å². The minimum Gasteiger partial charge on any atom is -0.388 e. The fourth-order valence-corrected chi connectivity index (χ4v) is 2.67. The number of hydrogen-bond donors (Lipinski definition) is 3. The number of hydrogen-bond acceptors (Lipinski definition) is 3. The molecule has 3 N–H and O–H groups in total. The molecule has 2 aromatic carbocycles. The summed E-state index contributed by atoms with van der Waals surface area (Å²) in [7, 11) is 2.04. The first-order valence-corrected chi connectivity index (χ1v) is 9.08. The molecule has 0 atom stereocenters. The van der Waals surface area contributed by atoms with E-state index >= 15 is 0 Å². The topological polar surface area (TPSA) is 64.6 Å². The van der Waals surface area contributed by atoms with Gasteiger partial charge in [-0.15, -0.1) is 0 Å². The molecule has 26 heavy (non-hydrogen) atoms. The predicted molar refractivity (Wildman–Crippen MR) is 108 cm³/mol. The smallest absolute Gasteiger partial charge is 0.319 e. The van der Waals surface area contributed by atoms with Crippen LogP contribution in [0.3, 0.4) is 0 Å². The fraction of sp³-hybridized carbons (Fsp3) is 0.381. The monoisotopic (exact) mass is 355 g/mol. The summed E-state index contributed by atoms with van der Waals surface area (Å²) in [5, 5.41) is 15.7. The number of nitrogens with zero attached hydrogens (tertiary/aromatic N) is 1. The Morgan fingerprint density at radius 2 is 1.65 bits per heavy atom. The molecule has 5 heteroatoms. The lowest BCUT2D eigenvalue weighted by atomic mass is 9.98. The SMILES string of the molecule is CCC(O)(CC)CNC(=O)Nc1ccc(N(C)Cc2ccccc2)cc1. The highest BCUT2D eigenvalue weighted by molar-refractivity contribution is 5.89. The molecule has 0 unspecified atom stereocenters. The van der Waals surface area contributed by atoms with Gasteiger partial charge in [-0.2, -0.15) is 0 Å². The van der Waals surface area contributed by atoms with E-state index in [0.29, 0.717) is 12.8 Å². The molecular weight excluding hydrogens is 326 g/mol. The van der Waals surface area contributed by atoms with Crippen LogP contribution in [0.15, 0.2) is 54.6 Å². The lowest BCUT2D eigenvalue weighted by Gasteiger charge is -2.25. The molecule has 140 valence electrons. The fourth-order valence-electron chi connectivity index (χ4n) is 2.67. The Kier molecular flexibility index (Phi) is 7.04. The Labute approximate surface area is 156 Å². The van der Waals surface area contributed by atoms with Gasteiger partial charge in [0.05, 0.1) is 5.60 Å². The van der Waals surface area contributed by atoms with Crippen LogP contribution in [0, 0.1) is 0 Å². The Morgan fingerprint density at radius 1 is 1.04 bits per heavy atom. The van der Waals surface area contributed by atoms with E-state index in [0.717, 1.165) is 17.9 Å². The van der Waals surface area contributed by atoms with Gasteiger partial charge in [0, 0.05) is 31.5 Å². The average Bonchev–Trinajstić information content (AvgIpc) is 2.67. The van der Waals surface area contributed by atoms with Gasteiger partial charge < -0.3 is 20.6 Å². The number of urea groups is 1. The minimum atomic E-state index is -0.846. The highest BCUT2D eigenvalue weighted by Gasteiger charge is 2.22. The number of benzene rings is 2. The molecular formula is C21H29N3O2. The number of amides is 2. The zero-order valence-electron chi connectivity index (χ0n) is 15.8. The summed E-state index contributed by atoms with van der Waals surface area (Å²) in [5.74, 6) is 0. The Hall–Kier alpha value is -2.53. The summed E-state index contributed by atoms with van der Waals surface area (Å²) in [4.78, 5) is 14.2. The zero-order chi connectivity index (χ0) is 19.0. The normalized spacial score (nSPS) is 11.1. The molecule has 5 nitrogen and oxygen atoms in total. The van der Waals surface area contributed by atoms with Crippen LogP contribution in [0.25, 0.3) is 0 Å². The van der Waals surface area contributed by atoms with Gasteiger partial charge in [-0.25, -0.2) is 4.79 Å². The first-order valence-electron chi connectivity index (χ1n) is 9.08. The van der Waals surface area contributed by atoms with Gasteiger partial charge in [0.2, 0.25) is 0 Å². The zero-order valence-corrected chi connectivity index (χ0v) is 15.8. The van der Waals surface area contributed by atoms with E-state index in [9.17, 15) is 9.90 Å². The summed E-state index contributed by atoms with van der Waals surface area (Å²) >= 11 is 0. The van der Waals surface area contributed by atoms with E-state index in [4.69, 9.17) is 0 Å². The van der Waals surface area contributed by atoms with Gasteiger partial charge in [0.15, 0.2) is 0 Å². The number of aliphatic hydroxyl groups is 1. The lowest BCUT2D eigenvalue weighted by Crippen LogP contribution is -2.43. The van der Waals surface area contributed by atoms with Gasteiger partial charge in [0.1, 0.15) is 0 Å². The number of carbonyl (C=O) groups excluding carboxylic acids is 1. The number of rotatable bonds is 8. The van der Waals surface area contributed by atoms with Crippen molar-refractivity contribution in [2.24, 2.45) is 0 Å². The number of nitrogens with one attached hydrogen (secondary N) is 2. The third-order valence-electron chi connectivity index (χ3n) is 4.72. The van der Waals surface area contributed by atoms with Crippen LogP contribution < -0.4 is 15.5 Å². The van der Waals surface area contributed by atoms with Crippen molar-refractivity contribution in [2.45, 2.75) is 38.8 Å². The maximum absolute atomic E-state index is 12.0. The predicted octanol–water partition coefficient (Wildman–Crippen LogP) is 4.00. The molecule has 0 saturated heterocycles. The van der Waals surface area contributed by atoms with Gasteiger partial charge in [-0.1, -0.05) is 44.2 Å². The molecule has 2 aromatic rings. The molecule has 0 fully saturated rings. The molecule has 0 aliphatic heterocycles. The highest BCUT2D eigenvalue weighted by atomic mass is 16.3. The lowest BCUT2D eigenvalue weighted by molar-refractivity contribution is 0.0354. The van der Waals surface area contributed by atoms with Crippen LogP contribution in [0.1, 0.15) is 32.3 Å². The van der Waals surface area contributed by atoms with Crippen molar-refractivity contribution in [3.8, 4) is 0 Å². The van der Waals surface area contributed by atoms with Crippen LogP contribution in [0.4, 0.5) is 16.2 Å². The molecule has 0 saturated carbocycles. The van der Waals surface area contributed by atoms with Crippen molar-refractivity contribution >= 4 is 17.4 Å². The third kappa shape index (κ3) is 5.77. The van der Waals surface area contributed by atoms with Crippen LogP contribution in [0.2, 0.25) is 0 Å². The molecule has 0 radical (unpaired) electrons. The van der Waals surface area contributed by atoms with E-state index in [-0.39, 0.29) is 12.6 Å². The first kappa shape index (κ1) is 19.8.